The second kappa shape index (κ2) is 6.75. The zero-order valence-corrected chi connectivity index (χ0v) is 11.0. The average Bonchev–Trinajstić information content (AvgIpc) is 2.44. The lowest BCUT2D eigenvalue weighted by Crippen LogP contribution is -2.31. The molecule has 2 aromatic carbocycles. The van der Waals surface area contributed by atoms with Crippen molar-refractivity contribution in [3.63, 3.8) is 0 Å². The van der Waals surface area contributed by atoms with Gasteiger partial charge in [-0.15, -0.1) is 0 Å². The van der Waals surface area contributed by atoms with Crippen LogP contribution in [0.1, 0.15) is 6.92 Å². The van der Waals surface area contributed by atoms with Gasteiger partial charge in [-0.25, -0.2) is 4.79 Å². The van der Waals surface area contributed by atoms with Crippen molar-refractivity contribution in [1.29, 1.82) is 0 Å². The number of ether oxygens (including phenoxy) is 1. The zero-order valence-electron chi connectivity index (χ0n) is 11.0. The molecular weight excluding hydrogens is 240 g/mol. The van der Waals surface area contributed by atoms with Crippen LogP contribution in [0.5, 0.6) is 0 Å². The maximum Gasteiger partial charge on any atom is 0.319 e. The number of amides is 2. The summed E-state index contributed by atoms with van der Waals surface area (Å²) in [7, 11) is 0. The monoisotopic (exact) mass is 258 g/mol. The maximum absolute atomic E-state index is 11.7. The Bertz CT molecular complexity index is 549. The lowest BCUT2D eigenvalue weighted by Gasteiger charge is -2.10. The minimum Gasteiger partial charge on any atom is -0.380 e. The first-order chi connectivity index (χ1) is 9.31. The SMILES string of the molecule is CCOCCNC(=O)Nc1cccc2ccccc12. The number of anilines is 1. The van der Waals surface area contributed by atoms with Crippen LogP contribution < -0.4 is 10.6 Å². The van der Waals surface area contributed by atoms with Crippen LogP contribution >= 0.6 is 0 Å². The highest BCUT2D eigenvalue weighted by Gasteiger charge is 2.04. The van der Waals surface area contributed by atoms with E-state index in [1.165, 1.54) is 0 Å². The molecule has 2 amide bonds. The largest absolute Gasteiger partial charge is 0.380 e. The fourth-order valence-electron chi connectivity index (χ4n) is 1.88. The Balaban J connectivity index is 1.99. The molecular formula is C15H18N2O2. The van der Waals surface area contributed by atoms with Gasteiger partial charge in [0.15, 0.2) is 0 Å². The molecule has 0 radical (unpaired) electrons. The quantitative estimate of drug-likeness (QED) is 0.810. The third-order valence-electron chi connectivity index (χ3n) is 2.77. The van der Waals surface area contributed by atoms with Gasteiger partial charge in [0.2, 0.25) is 0 Å². The molecule has 0 fully saturated rings. The van der Waals surface area contributed by atoms with E-state index in [9.17, 15) is 4.79 Å². The van der Waals surface area contributed by atoms with Gasteiger partial charge in [0.25, 0.3) is 0 Å². The number of carbonyl (C=O) groups excluding carboxylic acids is 1. The molecule has 0 aliphatic rings. The fraction of sp³-hybridized carbons (Fsp3) is 0.267. The summed E-state index contributed by atoms with van der Waals surface area (Å²) >= 11 is 0. The van der Waals surface area contributed by atoms with Crippen LogP contribution in [-0.2, 0) is 4.74 Å². The van der Waals surface area contributed by atoms with Crippen molar-refractivity contribution in [2.45, 2.75) is 6.92 Å². The summed E-state index contributed by atoms with van der Waals surface area (Å²) < 4.78 is 5.16. The molecule has 0 atom stereocenters. The van der Waals surface area contributed by atoms with Crippen LogP contribution in [0.2, 0.25) is 0 Å². The van der Waals surface area contributed by atoms with Crippen molar-refractivity contribution < 1.29 is 9.53 Å². The predicted molar refractivity (Wildman–Crippen MR) is 77.5 cm³/mol. The molecule has 2 N–H and O–H groups in total. The first-order valence-corrected chi connectivity index (χ1v) is 6.41. The first-order valence-electron chi connectivity index (χ1n) is 6.41. The van der Waals surface area contributed by atoms with Crippen molar-refractivity contribution in [2.24, 2.45) is 0 Å². The highest BCUT2D eigenvalue weighted by atomic mass is 16.5. The summed E-state index contributed by atoms with van der Waals surface area (Å²) in [5, 5.41) is 7.75. The summed E-state index contributed by atoms with van der Waals surface area (Å²) in [6.45, 7) is 3.62. The molecule has 2 aromatic rings. The summed E-state index contributed by atoms with van der Waals surface area (Å²) in [5.41, 5.74) is 0.812. The molecule has 100 valence electrons. The molecule has 0 bridgehead atoms. The van der Waals surface area contributed by atoms with E-state index < -0.39 is 0 Å². The van der Waals surface area contributed by atoms with E-state index in [1.807, 2.05) is 49.4 Å². The smallest absolute Gasteiger partial charge is 0.319 e. The van der Waals surface area contributed by atoms with Crippen molar-refractivity contribution in [3.05, 3.63) is 42.5 Å². The lowest BCUT2D eigenvalue weighted by molar-refractivity contribution is 0.150. The summed E-state index contributed by atoms with van der Waals surface area (Å²) in [6, 6.07) is 13.6. The van der Waals surface area contributed by atoms with Gasteiger partial charge in [0.1, 0.15) is 0 Å². The van der Waals surface area contributed by atoms with Gasteiger partial charge in [-0.3, -0.25) is 0 Å². The molecule has 19 heavy (non-hydrogen) atoms. The Kier molecular flexibility index (Phi) is 4.75. The molecule has 0 saturated carbocycles. The molecule has 0 saturated heterocycles. The molecule has 0 heterocycles. The Morgan fingerprint density at radius 3 is 2.79 bits per heavy atom. The van der Waals surface area contributed by atoms with E-state index in [1.54, 1.807) is 0 Å². The molecule has 2 rings (SSSR count). The van der Waals surface area contributed by atoms with Crippen LogP contribution in [0.15, 0.2) is 42.5 Å². The number of urea groups is 1. The van der Waals surface area contributed by atoms with Gasteiger partial charge in [0.05, 0.1) is 12.3 Å². The second-order valence-electron chi connectivity index (χ2n) is 4.10. The van der Waals surface area contributed by atoms with Crippen molar-refractivity contribution >= 4 is 22.5 Å². The van der Waals surface area contributed by atoms with E-state index >= 15 is 0 Å². The van der Waals surface area contributed by atoms with E-state index in [2.05, 4.69) is 10.6 Å². The lowest BCUT2D eigenvalue weighted by atomic mass is 10.1. The molecule has 0 aromatic heterocycles. The highest BCUT2D eigenvalue weighted by Crippen LogP contribution is 2.22. The predicted octanol–water partition coefficient (Wildman–Crippen LogP) is 3.00. The van der Waals surface area contributed by atoms with Gasteiger partial charge in [-0.1, -0.05) is 36.4 Å². The van der Waals surface area contributed by atoms with Crippen LogP contribution in [-0.4, -0.2) is 25.8 Å². The van der Waals surface area contributed by atoms with E-state index in [4.69, 9.17) is 4.74 Å². The summed E-state index contributed by atoms with van der Waals surface area (Å²) in [4.78, 5) is 11.7. The van der Waals surface area contributed by atoms with Crippen molar-refractivity contribution in [2.75, 3.05) is 25.1 Å². The number of hydrogen-bond donors (Lipinski definition) is 2. The van der Waals surface area contributed by atoms with E-state index in [0.717, 1.165) is 16.5 Å². The standard InChI is InChI=1S/C15H18N2O2/c1-2-19-11-10-16-15(18)17-14-9-5-7-12-6-3-4-8-13(12)14/h3-9H,2,10-11H2,1H3,(H2,16,17,18). The van der Waals surface area contributed by atoms with Crippen molar-refractivity contribution in [3.8, 4) is 0 Å². The number of rotatable bonds is 5. The summed E-state index contributed by atoms with van der Waals surface area (Å²) in [6.07, 6.45) is 0. The zero-order chi connectivity index (χ0) is 13.5. The molecule has 4 heteroatoms. The Labute approximate surface area is 112 Å². The Morgan fingerprint density at radius 1 is 1.16 bits per heavy atom. The number of hydrogen-bond acceptors (Lipinski definition) is 2. The minimum atomic E-state index is -0.212. The first kappa shape index (κ1) is 13.4. The fourth-order valence-corrected chi connectivity index (χ4v) is 1.88. The molecule has 0 spiro atoms. The Morgan fingerprint density at radius 2 is 1.95 bits per heavy atom. The van der Waals surface area contributed by atoms with E-state index in [0.29, 0.717) is 19.8 Å². The van der Waals surface area contributed by atoms with Crippen LogP contribution in [0, 0.1) is 0 Å². The van der Waals surface area contributed by atoms with E-state index in [-0.39, 0.29) is 6.03 Å². The third-order valence-corrected chi connectivity index (χ3v) is 2.77. The molecule has 4 nitrogen and oxygen atoms in total. The van der Waals surface area contributed by atoms with Crippen LogP contribution in [0.4, 0.5) is 10.5 Å². The van der Waals surface area contributed by atoms with Gasteiger partial charge in [0, 0.05) is 18.5 Å². The van der Waals surface area contributed by atoms with Gasteiger partial charge in [-0.05, 0) is 18.4 Å². The van der Waals surface area contributed by atoms with Gasteiger partial charge < -0.3 is 15.4 Å². The number of fused-ring (bicyclic) bond motifs is 1. The topological polar surface area (TPSA) is 50.4 Å². The highest BCUT2D eigenvalue weighted by molar-refractivity contribution is 6.01. The van der Waals surface area contributed by atoms with Gasteiger partial charge in [-0.2, -0.15) is 0 Å². The number of nitrogens with one attached hydrogen (secondary N) is 2. The molecule has 0 aliphatic carbocycles. The number of carbonyl (C=O) groups is 1. The number of benzene rings is 2. The molecule has 0 unspecified atom stereocenters. The Hall–Kier alpha value is -2.07. The van der Waals surface area contributed by atoms with Gasteiger partial charge >= 0.3 is 6.03 Å². The normalized spacial score (nSPS) is 10.4. The average molecular weight is 258 g/mol. The maximum atomic E-state index is 11.7. The second-order valence-corrected chi connectivity index (χ2v) is 4.10. The van der Waals surface area contributed by atoms with Crippen LogP contribution in [0.3, 0.4) is 0 Å². The van der Waals surface area contributed by atoms with Crippen molar-refractivity contribution in [1.82, 2.24) is 5.32 Å². The molecule has 0 aliphatic heterocycles. The van der Waals surface area contributed by atoms with Crippen LogP contribution in [0.25, 0.3) is 10.8 Å². The summed E-state index contributed by atoms with van der Waals surface area (Å²) in [5.74, 6) is 0. The third kappa shape index (κ3) is 3.69. The minimum absolute atomic E-state index is 0.212.